The molecule has 3 heteroatoms. The highest BCUT2D eigenvalue weighted by molar-refractivity contribution is 6.04. The van der Waals surface area contributed by atoms with E-state index in [4.69, 9.17) is 0 Å². The topological polar surface area (TPSA) is 43.4 Å². The van der Waals surface area contributed by atoms with Gasteiger partial charge < -0.3 is 4.74 Å². The minimum atomic E-state index is -0.410. The molecule has 0 aromatic heterocycles. The predicted octanol–water partition coefficient (Wildman–Crippen LogP) is 1.61. The van der Waals surface area contributed by atoms with Crippen LogP contribution >= 0.6 is 0 Å². The second kappa shape index (κ2) is 3.25. The Morgan fingerprint density at radius 3 is 2.93 bits per heavy atom. The Balaban J connectivity index is 2.44. The number of fused-ring (bicyclic) bond motifs is 1. The summed E-state index contributed by atoms with van der Waals surface area (Å²) >= 11 is 0. The molecule has 0 N–H and O–H groups in total. The minimum absolute atomic E-state index is 0.0609. The highest BCUT2D eigenvalue weighted by Crippen LogP contribution is 2.24. The van der Waals surface area contributed by atoms with Gasteiger partial charge in [0, 0.05) is 12.0 Å². The monoisotopic (exact) mass is 189 g/mol. The number of hydrogen-bond acceptors (Lipinski definition) is 3. The van der Waals surface area contributed by atoms with Gasteiger partial charge in [0.05, 0.1) is 12.7 Å². The van der Waals surface area contributed by atoms with Crippen LogP contribution in [-0.2, 0) is 4.74 Å². The van der Waals surface area contributed by atoms with Gasteiger partial charge in [0.25, 0.3) is 0 Å². The molecule has 14 heavy (non-hydrogen) atoms. The summed E-state index contributed by atoms with van der Waals surface area (Å²) in [4.78, 5) is 22.5. The fraction of sp³-hybridized carbons (Fsp3) is 0.182. The highest BCUT2D eigenvalue weighted by atomic mass is 16.5. The molecule has 0 bridgehead atoms. The van der Waals surface area contributed by atoms with Crippen molar-refractivity contribution in [2.24, 2.45) is 0 Å². The van der Waals surface area contributed by atoms with Gasteiger partial charge >= 0.3 is 5.97 Å². The average Bonchev–Trinajstić information content (AvgIpc) is 2.59. The molecule has 71 valence electrons. The Morgan fingerprint density at radius 1 is 1.43 bits per heavy atom. The van der Waals surface area contributed by atoms with Crippen LogP contribution in [0, 0.1) is 6.42 Å². The van der Waals surface area contributed by atoms with Gasteiger partial charge in [0.1, 0.15) is 0 Å². The fourth-order valence-electron chi connectivity index (χ4n) is 1.53. The van der Waals surface area contributed by atoms with E-state index in [9.17, 15) is 9.59 Å². The summed E-state index contributed by atoms with van der Waals surface area (Å²) in [6, 6.07) is 5.03. The number of methoxy groups -OCH3 is 1. The van der Waals surface area contributed by atoms with Crippen LogP contribution in [0.3, 0.4) is 0 Å². The molecule has 0 saturated heterocycles. The molecule has 1 aromatic rings. The lowest BCUT2D eigenvalue weighted by atomic mass is 10.1. The first-order chi connectivity index (χ1) is 6.72. The zero-order chi connectivity index (χ0) is 10.1. The summed E-state index contributed by atoms with van der Waals surface area (Å²) in [6.07, 6.45) is 2.29. The van der Waals surface area contributed by atoms with Gasteiger partial charge in [-0.1, -0.05) is 6.07 Å². The highest BCUT2D eigenvalue weighted by Gasteiger charge is 2.21. The molecule has 0 aliphatic heterocycles. The van der Waals surface area contributed by atoms with Crippen molar-refractivity contribution >= 4 is 11.8 Å². The van der Waals surface area contributed by atoms with E-state index in [0.29, 0.717) is 17.5 Å². The largest absolute Gasteiger partial charge is 0.465 e. The number of ether oxygens (including phenoxy) is 1. The van der Waals surface area contributed by atoms with Crippen LogP contribution in [-0.4, -0.2) is 18.9 Å². The zero-order valence-electron chi connectivity index (χ0n) is 7.74. The molecule has 0 saturated carbocycles. The lowest BCUT2D eigenvalue weighted by Gasteiger charge is -2.01. The smallest absolute Gasteiger partial charge is 0.337 e. The molecule has 1 aromatic carbocycles. The van der Waals surface area contributed by atoms with E-state index in [1.807, 2.05) is 6.42 Å². The molecule has 0 unspecified atom stereocenters. The third-order valence-corrected chi connectivity index (χ3v) is 2.28. The summed E-state index contributed by atoms with van der Waals surface area (Å²) in [5, 5.41) is 0. The number of esters is 1. The first kappa shape index (κ1) is 8.94. The van der Waals surface area contributed by atoms with Crippen molar-refractivity contribution in [3.05, 3.63) is 41.3 Å². The Labute approximate surface area is 81.7 Å². The van der Waals surface area contributed by atoms with Crippen molar-refractivity contribution < 1.29 is 14.3 Å². The van der Waals surface area contributed by atoms with E-state index in [1.54, 1.807) is 18.2 Å². The van der Waals surface area contributed by atoms with Crippen LogP contribution in [0.2, 0.25) is 0 Å². The predicted molar refractivity (Wildman–Crippen MR) is 50.1 cm³/mol. The lowest BCUT2D eigenvalue weighted by Crippen LogP contribution is -2.03. The van der Waals surface area contributed by atoms with E-state index in [1.165, 1.54) is 7.11 Å². The van der Waals surface area contributed by atoms with Gasteiger partial charge in [0.15, 0.2) is 5.78 Å². The summed E-state index contributed by atoms with van der Waals surface area (Å²) < 4.78 is 4.57. The van der Waals surface area contributed by atoms with E-state index in [-0.39, 0.29) is 5.78 Å². The normalized spacial score (nSPS) is 13.9. The molecule has 0 atom stereocenters. The summed E-state index contributed by atoms with van der Waals surface area (Å²) in [7, 11) is 1.32. The Morgan fingerprint density at radius 2 is 2.21 bits per heavy atom. The van der Waals surface area contributed by atoms with Crippen molar-refractivity contribution in [2.75, 3.05) is 7.11 Å². The van der Waals surface area contributed by atoms with Gasteiger partial charge in [-0.15, -0.1) is 0 Å². The van der Waals surface area contributed by atoms with Crippen LogP contribution in [0.15, 0.2) is 18.2 Å². The molecule has 1 aliphatic rings. The van der Waals surface area contributed by atoms with Crippen LogP contribution in [0.4, 0.5) is 0 Å². The van der Waals surface area contributed by atoms with E-state index in [0.717, 1.165) is 5.56 Å². The van der Waals surface area contributed by atoms with E-state index in [2.05, 4.69) is 4.74 Å². The molecular formula is C11H9O3. The van der Waals surface area contributed by atoms with E-state index < -0.39 is 5.97 Å². The molecule has 0 fully saturated rings. The van der Waals surface area contributed by atoms with Gasteiger partial charge in [-0.2, -0.15) is 0 Å². The third-order valence-electron chi connectivity index (χ3n) is 2.28. The molecule has 1 radical (unpaired) electrons. The summed E-state index contributed by atoms with van der Waals surface area (Å²) in [6.45, 7) is 0. The first-order valence-corrected chi connectivity index (χ1v) is 4.31. The molecular weight excluding hydrogens is 180 g/mol. The Hall–Kier alpha value is -1.64. The number of rotatable bonds is 1. The quantitative estimate of drug-likeness (QED) is 0.630. The average molecular weight is 189 g/mol. The van der Waals surface area contributed by atoms with Crippen molar-refractivity contribution in [1.29, 1.82) is 0 Å². The molecule has 0 amide bonds. The van der Waals surface area contributed by atoms with E-state index >= 15 is 0 Å². The van der Waals surface area contributed by atoms with Crippen LogP contribution in [0.25, 0.3) is 0 Å². The number of Topliss-reactive ketones (excluding diaryl/α,β-unsaturated/α-hetero) is 1. The number of carbonyl (C=O) groups excluding carboxylic acids is 2. The van der Waals surface area contributed by atoms with Crippen LogP contribution in [0.5, 0.6) is 0 Å². The number of ketones is 1. The lowest BCUT2D eigenvalue weighted by molar-refractivity contribution is 0.0600. The fourth-order valence-corrected chi connectivity index (χ4v) is 1.53. The third kappa shape index (κ3) is 1.31. The van der Waals surface area contributed by atoms with Crippen molar-refractivity contribution in [1.82, 2.24) is 0 Å². The molecule has 3 nitrogen and oxygen atoms in total. The van der Waals surface area contributed by atoms with Crippen LogP contribution < -0.4 is 0 Å². The SMILES string of the molecule is COC(=O)c1ccc2c(c1)C(=O)C[CH]2. The summed E-state index contributed by atoms with van der Waals surface area (Å²) in [5.41, 5.74) is 1.95. The Kier molecular flexibility index (Phi) is 2.08. The number of benzene rings is 1. The number of carbonyl (C=O) groups is 2. The number of hydrogen-bond donors (Lipinski definition) is 0. The van der Waals surface area contributed by atoms with Crippen LogP contribution in [0.1, 0.15) is 32.7 Å². The Bertz CT molecular complexity index is 407. The second-order valence-electron chi connectivity index (χ2n) is 3.13. The molecule has 0 spiro atoms. The molecule has 2 rings (SSSR count). The molecule has 0 heterocycles. The maximum absolute atomic E-state index is 11.3. The van der Waals surface area contributed by atoms with Gasteiger partial charge in [0.2, 0.25) is 0 Å². The minimum Gasteiger partial charge on any atom is -0.465 e. The van der Waals surface area contributed by atoms with Gasteiger partial charge in [-0.3, -0.25) is 4.79 Å². The zero-order valence-corrected chi connectivity index (χ0v) is 7.74. The van der Waals surface area contributed by atoms with Crippen molar-refractivity contribution in [3.63, 3.8) is 0 Å². The first-order valence-electron chi connectivity index (χ1n) is 4.31. The maximum atomic E-state index is 11.3. The maximum Gasteiger partial charge on any atom is 0.337 e. The second-order valence-corrected chi connectivity index (χ2v) is 3.13. The van der Waals surface area contributed by atoms with Gasteiger partial charge in [-0.05, 0) is 24.1 Å². The van der Waals surface area contributed by atoms with Crippen molar-refractivity contribution in [2.45, 2.75) is 6.42 Å². The van der Waals surface area contributed by atoms with Gasteiger partial charge in [-0.25, -0.2) is 4.79 Å². The van der Waals surface area contributed by atoms with Crippen molar-refractivity contribution in [3.8, 4) is 0 Å². The summed E-state index contributed by atoms with van der Waals surface area (Å²) in [5.74, 6) is -0.349. The molecule has 1 aliphatic carbocycles. The standard InChI is InChI=1S/C11H9O3/c1-14-11(13)8-3-2-7-4-5-10(12)9(7)6-8/h2-4,6H,5H2,1H3.